The Kier molecular flexibility index (Phi) is 8.73. The van der Waals surface area contributed by atoms with Crippen molar-refractivity contribution in [2.24, 2.45) is 0 Å². The van der Waals surface area contributed by atoms with Gasteiger partial charge in [0.05, 0.1) is 0 Å². The number of benzene rings is 1. The van der Waals surface area contributed by atoms with Crippen LogP contribution in [0.5, 0.6) is 0 Å². The number of rotatable bonds is 4. The molecule has 3 nitrogen and oxygen atoms in total. The van der Waals surface area contributed by atoms with Crippen molar-refractivity contribution in [1.82, 2.24) is 15.1 Å². The van der Waals surface area contributed by atoms with Gasteiger partial charge in [-0.05, 0) is 31.9 Å². The smallest absolute Gasteiger partial charge is 0.0236 e. The molecule has 2 fully saturated rings. The summed E-state index contributed by atoms with van der Waals surface area (Å²) in [7, 11) is 2.23. The monoisotopic (exact) mass is 345 g/mol. The van der Waals surface area contributed by atoms with E-state index in [1.165, 1.54) is 57.5 Å². The maximum Gasteiger partial charge on any atom is 0.0236 e. The molecule has 126 valence electrons. The molecule has 0 saturated carbocycles. The van der Waals surface area contributed by atoms with Gasteiger partial charge in [0, 0.05) is 44.8 Å². The Morgan fingerprint density at radius 1 is 1.05 bits per heavy atom. The van der Waals surface area contributed by atoms with Crippen molar-refractivity contribution in [1.29, 1.82) is 0 Å². The molecule has 0 spiro atoms. The SMILES string of the molecule is CN1CCN(C2CNC(CCc3ccccc3)C2)CC1.Cl.Cl. The Labute approximate surface area is 147 Å². The first-order valence-electron chi connectivity index (χ1n) is 8.01. The number of nitrogens with one attached hydrogen (secondary N) is 1. The molecule has 5 heteroatoms. The van der Waals surface area contributed by atoms with Gasteiger partial charge in [-0.15, -0.1) is 24.8 Å². The lowest BCUT2D eigenvalue weighted by atomic mass is 10.0. The third-order valence-corrected chi connectivity index (χ3v) is 4.88. The summed E-state index contributed by atoms with van der Waals surface area (Å²) in [5.41, 5.74) is 1.47. The molecule has 1 aromatic carbocycles. The molecular formula is C17H29Cl2N3. The number of hydrogen-bond acceptors (Lipinski definition) is 3. The van der Waals surface area contributed by atoms with E-state index in [0.29, 0.717) is 6.04 Å². The molecule has 0 bridgehead atoms. The largest absolute Gasteiger partial charge is 0.312 e. The predicted molar refractivity (Wildman–Crippen MR) is 98.5 cm³/mol. The van der Waals surface area contributed by atoms with Gasteiger partial charge in [-0.25, -0.2) is 0 Å². The number of nitrogens with zero attached hydrogens (tertiary/aromatic N) is 2. The molecule has 0 amide bonds. The quantitative estimate of drug-likeness (QED) is 0.904. The maximum absolute atomic E-state index is 3.73. The van der Waals surface area contributed by atoms with E-state index in [1.807, 2.05) is 0 Å². The summed E-state index contributed by atoms with van der Waals surface area (Å²) in [5, 5.41) is 3.73. The predicted octanol–water partition coefficient (Wildman–Crippen LogP) is 2.44. The van der Waals surface area contributed by atoms with Crippen molar-refractivity contribution < 1.29 is 0 Å². The summed E-state index contributed by atoms with van der Waals surface area (Å²) >= 11 is 0. The van der Waals surface area contributed by atoms with E-state index in [9.17, 15) is 0 Å². The molecule has 2 unspecified atom stereocenters. The first-order chi connectivity index (χ1) is 9.81. The molecule has 2 aliphatic rings. The third kappa shape index (κ3) is 5.39. The highest BCUT2D eigenvalue weighted by molar-refractivity contribution is 5.85. The lowest BCUT2D eigenvalue weighted by Crippen LogP contribution is -2.49. The summed E-state index contributed by atoms with van der Waals surface area (Å²) in [4.78, 5) is 5.13. The van der Waals surface area contributed by atoms with Crippen LogP contribution in [0.1, 0.15) is 18.4 Å². The molecule has 2 saturated heterocycles. The van der Waals surface area contributed by atoms with Gasteiger partial charge in [-0.1, -0.05) is 30.3 Å². The highest BCUT2D eigenvalue weighted by Gasteiger charge is 2.29. The minimum atomic E-state index is 0. The van der Waals surface area contributed by atoms with Crippen LogP contribution in [0.15, 0.2) is 30.3 Å². The van der Waals surface area contributed by atoms with Crippen molar-refractivity contribution in [2.75, 3.05) is 39.8 Å². The van der Waals surface area contributed by atoms with Gasteiger partial charge in [0.1, 0.15) is 0 Å². The van der Waals surface area contributed by atoms with Crippen LogP contribution in [0, 0.1) is 0 Å². The number of hydrogen-bond donors (Lipinski definition) is 1. The molecule has 2 heterocycles. The number of halogens is 2. The third-order valence-electron chi connectivity index (χ3n) is 4.88. The van der Waals surface area contributed by atoms with Gasteiger partial charge in [-0.2, -0.15) is 0 Å². The van der Waals surface area contributed by atoms with Crippen LogP contribution in [-0.4, -0.2) is 61.7 Å². The Balaban J connectivity index is 0.00000121. The van der Waals surface area contributed by atoms with Crippen molar-refractivity contribution in [3.63, 3.8) is 0 Å². The van der Waals surface area contributed by atoms with E-state index in [2.05, 4.69) is 52.5 Å². The van der Waals surface area contributed by atoms with Crippen LogP contribution in [0.2, 0.25) is 0 Å². The first-order valence-corrected chi connectivity index (χ1v) is 8.01. The summed E-state index contributed by atoms with van der Waals surface area (Å²) in [5.74, 6) is 0. The zero-order chi connectivity index (χ0) is 13.8. The van der Waals surface area contributed by atoms with E-state index < -0.39 is 0 Å². The molecule has 3 rings (SSSR count). The van der Waals surface area contributed by atoms with Crippen LogP contribution in [-0.2, 0) is 6.42 Å². The van der Waals surface area contributed by atoms with Crippen LogP contribution in [0.4, 0.5) is 0 Å². The van der Waals surface area contributed by atoms with Gasteiger partial charge in [0.15, 0.2) is 0 Å². The van der Waals surface area contributed by atoms with E-state index in [0.717, 1.165) is 6.04 Å². The minimum absolute atomic E-state index is 0. The molecule has 2 atom stereocenters. The summed E-state index contributed by atoms with van der Waals surface area (Å²) in [6.07, 6.45) is 3.80. The molecule has 1 N–H and O–H groups in total. The fraction of sp³-hybridized carbons (Fsp3) is 0.647. The van der Waals surface area contributed by atoms with E-state index in [4.69, 9.17) is 0 Å². The highest BCUT2D eigenvalue weighted by Crippen LogP contribution is 2.19. The molecule has 0 aliphatic carbocycles. The number of piperazine rings is 1. The fourth-order valence-corrected chi connectivity index (χ4v) is 3.47. The summed E-state index contributed by atoms with van der Waals surface area (Å²) in [6, 6.07) is 12.3. The fourth-order valence-electron chi connectivity index (χ4n) is 3.47. The molecule has 22 heavy (non-hydrogen) atoms. The van der Waals surface area contributed by atoms with Gasteiger partial charge >= 0.3 is 0 Å². The maximum atomic E-state index is 3.73. The Hall–Kier alpha value is -0.320. The zero-order valence-corrected chi connectivity index (χ0v) is 15.0. The minimum Gasteiger partial charge on any atom is -0.312 e. The highest BCUT2D eigenvalue weighted by atomic mass is 35.5. The van der Waals surface area contributed by atoms with Crippen LogP contribution in [0.25, 0.3) is 0 Å². The van der Waals surface area contributed by atoms with Gasteiger partial charge < -0.3 is 10.2 Å². The Morgan fingerprint density at radius 3 is 2.41 bits per heavy atom. The second kappa shape index (κ2) is 9.74. The van der Waals surface area contributed by atoms with Crippen LogP contribution in [0.3, 0.4) is 0 Å². The Bertz CT molecular complexity index is 408. The van der Waals surface area contributed by atoms with E-state index >= 15 is 0 Å². The molecule has 1 aromatic rings. The van der Waals surface area contributed by atoms with Crippen molar-refractivity contribution in [3.8, 4) is 0 Å². The van der Waals surface area contributed by atoms with Crippen LogP contribution >= 0.6 is 24.8 Å². The number of aryl methyl sites for hydroxylation is 1. The van der Waals surface area contributed by atoms with Crippen molar-refractivity contribution in [2.45, 2.75) is 31.3 Å². The molecular weight excluding hydrogens is 317 g/mol. The topological polar surface area (TPSA) is 18.5 Å². The van der Waals surface area contributed by atoms with E-state index in [-0.39, 0.29) is 24.8 Å². The van der Waals surface area contributed by atoms with Gasteiger partial charge in [-0.3, -0.25) is 4.90 Å². The van der Waals surface area contributed by atoms with Gasteiger partial charge in [0.25, 0.3) is 0 Å². The average Bonchev–Trinajstić information content (AvgIpc) is 2.96. The van der Waals surface area contributed by atoms with E-state index in [1.54, 1.807) is 0 Å². The standard InChI is InChI=1S/C17H27N3.2ClH/c1-19-9-11-20(12-10-19)17-13-16(18-14-17)8-7-15-5-3-2-4-6-15;;/h2-6,16-18H,7-14H2,1H3;2*1H. The first kappa shape index (κ1) is 19.7. The summed E-state index contributed by atoms with van der Waals surface area (Å²) in [6.45, 7) is 6.13. The summed E-state index contributed by atoms with van der Waals surface area (Å²) < 4.78 is 0. The van der Waals surface area contributed by atoms with Crippen molar-refractivity contribution in [3.05, 3.63) is 35.9 Å². The lowest BCUT2D eigenvalue weighted by Gasteiger charge is -2.36. The second-order valence-electron chi connectivity index (χ2n) is 6.36. The van der Waals surface area contributed by atoms with Crippen LogP contribution < -0.4 is 5.32 Å². The molecule has 0 aromatic heterocycles. The normalized spacial score (nSPS) is 26.2. The zero-order valence-electron chi connectivity index (χ0n) is 13.4. The number of likely N-dealkylation sites (N-methyl/N-ethyl adjacent to an activating group) is 1. The Morgan fingerprint density at radius 2 is 1.73 bits per heavy atom. The second-order valence-corrected chi connectivity index (χ2v) is 6.36. The van der Waals surface area contributed by atoms with Gasteiger partial charge in [0.2, 0.25) is 0 Å². The molecule has 0 radical (unpaired) electrons. The lowest BCUT2D eigenvalue weighted by molar-refractivity contribution is 0.118. The van der Waals surface area contributed by atoms with Crippen molar-refractivity contribution >= 4 is 24.8 Å². The molecule has 2 aliphatic heterocycles. The average molecular weight is 346 g/mol.